The van der Waals surface area contributed by atoms with E-state index in [1.165, 1.54) is 77.0 Å². The van der Waals surface area contributed by atoms with Crippen molar-refractivity contribution in [3.63, 3.8) is 0 Å². The van der Waals surface area contributed by atoms with Gasteiger partial charge in [0.15, 0.2) is 0 Å². The third kappa shape index (κ3) is 12.8. The van der Waals surface area contributed by atoms with Gasteiger partial charge < -0.3 is 14.9 Å². The molecule has 1 unspecified atom stereocenters. The minimum absolute atomic E-state index is 0.00139. The Balaban J connectivity index is 4.14. The van der Waals surface area contributed by atoms with E-state index in [0.29, 0.717) is 12.5 Å². The minimum Gasteiger partial charge on any atom is -0.396 e. The molecule has 0 saturated heterocycles. The molecule has 0 aliphatic carbocycles. The second-order valence-electron chi connectivity index (χ2n) is 7.96. The zero-order chi connectivity index (χ0) is 18.8. The predicted octanol–water partition coefficient (Wildman–Crippen LogP) is 5.72. The summed E-state index contributed by atoms with van der Waals surface area (Å²) in [4.78, 5) is 0. The molecular formula is C22H46O3. The molecule has 0 spiro atoms. The molecule has 0 bridgehead atoms. The van der Waals surface area contributed by atoms with Gasteiger partial charge in [-0.05, 0) is 25.2 Å². The van der Waals surface area contributed by atoms with Gasteiger partial charge in [0.2, 0.25) is 0 Å². The first kappa shape index (κ1) is 24.9. The summed E-state index contributed by atoms with van der Waals surface area (Å²) in [5.74, 6) is 0.634. The van der Waals surface area contributed by atoms with Crippen LogP contribution in [-0.4, -0.2) is 36.6 Å². The number of unbranched alkanes of at least 4 members (excludes halogenated alkanes) is 8. The summed E-state index contributed by atoms with van der Waals surface area (Å²) in [5, 5.41) is 19.1. The third-order valence-electron chi connectivity index (χ3n) is 5.61. The van der Waals surface area contributed by atoms with E-state index in [0.717, 1.165) is 13.0 Å². The summed E-state index contributed by atoms with van der Waals surface area (Å²) < 4.78 is 5.97. The van der Waals surface area contributed by atoms with Crippen LogP contribution in [0.1, 0.15) is 104 Å². The maximum atomic E-state index is 9.55. The first-order valence-electron chi connectivity index (χ1n) is 11.0. The summed E-state index contributed by atoms with van der Waals surface area (Å²) in [5.41, 5.74) is -0.465. The standard InChI is InChI=1S/C22H46O3/c1-4-7-9-11-12-14-16-21(15-13-10-8-5-2)17-25-20-22(6-3,18-23)19-24/h21,23-24H,4-20H2,1-3H3. The molecule has 152 valence electrons. The molecule has 0 radical (unpaired) electrons. The van der Waals surface area contributed by atoms with Crippen LogP contribution in [0.4, 0.5) is 0 Å². The molecule has 0 heterocycles. The van der Waals surface area contributed by atoms with Crippen molar-refractivity contribution in [3.05, 3.63) is 0 Å². The Morgan fingerprint density at radius 2 is 1.20 bits per heavy atom. The van der Waals surface area contributed by atoms with Gasteiger partial charge >= 0.3 is 0 Å². The highest BCUT2D eigenvalue weighted by Gasteiger charge is 2.27. The number of ether oxygens (including phenoxy) is 1. The van der Waals surface area contributed by atoms with Crippen LogP contribution in [0.25, 0.3) is 0 Å². The molecule has 2 N–H and O–H groups in total. The lowest BCUT2D eigenvalue weighted by Crippen LogP contribution is -2.35. The lowest BCUT2D eigenvalue weighted by atomic mass is 9.88. The number of hydrogen-bond donors (Lipinski definition) is 2. The topological polar surface area (TPSA) is 49.7 Å². The molecule has 3 heteroatoms. The molecule has 0 aromatic heterocycles. The Hall–Kier alpha value is -0.120. The average molecular weight is 359 g/mol. The molecule has 0 rings (SSSR count). The normalized spacial score (nSPS) is 13.3. The highest BCUT2D eigenvalue weighted by atomic mass is 16.5. The summed E-state index contributed by atoms with van der Waals surface area (Å²) in [6.45, 7) is 7.77. The Morgan fingerprint density at radius 3 is 1.68 bits per heavy atom. The maximum Gasteiger partial charge on any atom is 0.0566 e. The van der Waals surface area contributed by atoms with Crippen molar-refractivity contribution in [1.29, 1.82) is 0 Å². The van der Waals surface area contributed by atoms with Gasteiger partial charge in [0.25, 0.3) is 0 Å². The van der Waals surface area contributed by atoms with E-state index in [2.05, 4.69) is 13.8 Å². The number of aliphatic hydroxyl groups excluding tert-OH is 2. The number of hydrogen-bond acceptors (Lipinski definition) is 3. The summed E-state index contributed by atoms with van der Waals surface area (Å²) in [7, 11) is 0. The molecular weight excluding hydrogens is 312 g/mol. The van der Waals surface area contributed by atoms with Crippen molar-refractivity contribution in [2.75, 3.05) is 26.4 Å². The first-order valence-corrected chi connectivity index (χ1v) is 11.0. The smallest absolute Gasteiger partial charge is 0.0566 e. The van der Waals surface area contributed by atoms with E-state index >= 15 is 0 Å². The number of rotatable bonds is 19. The fraction of sp³-hybridized carbons (Fsp3) is 1.00. The lowest BCUT2D eigenvalue weighted by Gasteiger charge is -2.29. The van der Waals surface area contributed by atoms with E-state index in [4.69, 9.17) is 4.74 Å². The quantitative estimate of drug-likeness (QED) is 0.290. The van der Waals surface area contributed by atoms with Gasteiger partial charge in [0, 0.05) is 12.0 Å². The maximum absolute atomic E-state index is 9.55. The highest BCUT2D eigenvalue weighted by Crippen LogP contribution is 2.23. The zero-order valence-corrected chi connectivity index (χ0v) is 17.4. The average Bonchev–Trinajstić information content (AvgIpc) is 2.65. The van der Waals surface area contributed by atoms with Gasteiger partial charge in [-0.3, -0.25) is 0 Å². The SMILES string of the molecule is CCCCCCCCC(CCCCCC)COCC(CC)(CO)CO. The van der Waals surface area contributed by atoms with Gasteiger partial charge in [0.1, 0.15) is 0 Å². The fourth-order valence-electron chi connectivity index (χ4n) is 3.29. The molecule has 0 fully saturated rings. The molecule has 0 aliphatic rings. The van der Waals surface area contributed by atoms with Crippen molar-refractivity contribution < 1.29 is 14.9 Å². The molecule has 0 amide bonds. The van der Waals surface area contributed by atoms with Crippen LogP contribution in [0.2, 0.25) is 0 Å². The van der Waals surface area contributed by atoms with Crippen LogP contribution in [0.5, 0.6) is 0 Å². The van der Waals surface area contributed by atoms with Crippen LogP contribution in [0.3, 0.4) is 0 Å². The number of aliphatic hydroxyl groups is 2. The second kappa shape index (κ2) is 17.3. The monoisotopic (exact) mass is 358 g/mol. The fourth-order valence-corrected chi connectivity index (χ4v) is 3.29. The van der Waals surface area contributed by atoms with E-state index in [1.807, 2.05) is 6.92 Å². The van der Waals surface area contributed by atoms with E-state index in [9.17, 15) is 10.2 Å². The highest BCUT2D eigenvalue weighted by molar-refractivity contribution is 4.76. The van der Waals surface area contributed by atoms with Crippen molar-refractivity contribution >= 4 is 0 Å². The Kier molecular flexibility index (Phi) is 17.2. The largest absolute Gasteiger partial charge is 0.396 e. The molecule has 0 aliphatic heterocycles. The van der Waals surface area contributed by atoms with Gasteiger partial charge in [-0.1, -0.05) is 85.0 Å². The minimum atomic E-state index is -0.465. The molecule has 0 aromatic rings. The van der Waals surface area contributed by atoms with Crippen LogP contribution < -0.4 is 0 Å². The van der Waals surface area contributed by atoms with Crippen LogP contribution in [0.15, 0.2) is 0 Å². The predicted molar refractivity (Wildman–Crippen MR) is 108 cm³/mol. The van der Waals surface area contributed by atoms with Gasteiger partial charge in [-0.2, -0.15) is 0 Å². The van der Waals surface area contributed by atoms with Crippen LogP contribution in [-0.2, 0) is 4.74 Å². The van der Waals surface area contributed by atoms with Gasteiger partial charge in [0.05, 0.1) is 19.8 Å². The molecule has 25 heavy (non-hydrogen) atoms. The van der Waals surface area contributed by atoms with Crippen molar-refractivity contribution in [1.82, 2.24) is 0 Å². The van der Waals surface area contributed by atoms with Crippen molar-refractivity contribution in [2.24, 2.45) is 11.3 Å². The van der Waals surface area contributed by atoms with E-state index in [1.54, 1.807) is 0 Å². The zero-order valence-electron chi connectivity index (χ0n) is 17.4. The van der Waals surface area contributed by atoms with Gasteiger partial charge in [-0.15, -0.1) is 0 Å². The second-order valence-corrected chi connectivity index (χ2v) is 7.96. The molecule has 3 nitrogen and oxygen atoms in total. The Morgan fingerprint density at radius 1 is 0.720 bits per heavy atom. The van der Waals surface area contributed by atoms with E-state index in [-0.39, 0.29) is 13.2 Å². The third-order valence-corrected chi connectivity index (χ3v) is 5.61. The summed E-state index contributed by atoms with van der Waals surface area (Å²) >= 11 is 0. The summed E-state index contributed by atoms with van der Waals surface area (Å²) in [6.07, 6.45) is 16.6. The Labute approximate surface area is 157 Å². The van der Waals surface area contributed by atoms with Crippen molar-refractivity contribution in [2.45, 2.75) is 104 Å². The van der Waals surface area contributed by atoms with Crippen LogP contribution in [0, 0.1) is 11.3 Å². The molecule has 1 atom stereocenters. The van der Waals surface area contributed by atoms with Crippen molar-refractivity contribution in [3.8, 4) is 0 Å². The lowest BCUT2D eigenvalue weighted by molar-refractivity contribution is -0.0398. The Bertz CT molecular complexity index is 256. The van der Waals surface area contributed by atoms with E-state index < -0.39 is 5.41 Å². The van der Waals surface area contributed by atoms with Gasteiger partial charge in [-0.25, -0.2) is 0 Å². The summed E-state index contributed by atoms with van der Waals surface area (Å²) in [6, 6.07) is 0. The first-order chi connectivity index (χ1) is 12.2. The molecule has 0 saturated carbocycles. The molecule has 0 aromatic carbocycles. The van der Waals surface area contributed by atoms with Crippen LogP contribution >= 0.6 is 0 Å².